The number of carbonyl (C=O) groups is 1. The molecule has 0 spiro atoms. The molecule has 0 saturated heterocycles. The Labute approximate surface area is 112 Å². The van der Waals surface area contributed by atoms with Gasteiger partial charge in [0.1, 0.15) is 5.25 Å². The lowest BCUT2D eigenvalue weighted by molar-refractivity contribution is -0.136. The van der Waals surface area contributed by atoms with E-state index < -0.39 is 11.2 Å². The van der Waals surface area contributed by atoms with Crippen molar-refractivity contribution in [1.82, 2.24) is 0 Å². The predicted molar refractivity (Wildman–Crippen MR) is 76.0 cm³/mol. The number of hydrogen-bond donors (Lipinski definition) is 2. The van der Waals surface area contributed by atoms with Gasteiger partial charge in [-0.3, -0.25) is 4.79 Å². The van der Waals surface area contributed by atoms with Gasteiger partial charge >= 0.3 is 5.97 Å². The van der Waals surface area contributed by atoms with Crippen molar-refractivity contribution >= 4 is 18.6 Å². The number of aliphatic carboxylic acids is 1. The maximum absolute atomic E-state index is 10.7. The molecule has 2 aromatic rings. The summed E-state index contributed by atoms with van der Waals surface area (Å²) in [5, 5.41) is 8.15. The van der Waals surface area contributed by atoms with Crippen LogP contribution >= 0.6 is 12.6 Å². The third-order valence-corrected chi connectivity index (χ3v) is 3.18. The van der Waals surface area contributed by atoms with Gasteiger partial charge in [0, 0.05) is 0 Å². The fraction of sp³-hybridized carbons (Fsp3) is 0.133. The third kappa shape index (κ3) is 3.14. The average Bonchev–Trinajstić information content (AvgIpc) is 2.40. The largest absolute Gasteiger partial charge is 0.480 e. The SMILES string of the molecule is O=C(O)C(S)Cc1ccc(-c2ccccc2)cc1. The second kappa shape index (κ2) is 5.74. The van der Waals surface area contributed by atoms with Crippen molar-refractivity contribution in [1.29, 1.82) is 0 Å². The van der Waals surface area contributed by atoms with E-state index in [9.17, 15) is 4.79 Å². The van der Waals surface area contributed by atoms with Gasteiger partial charge in [0.05, 0.1) is 0 Å². The molecular formula is C15H14O2S. The van der Waals surface area contributed by atoms with Crippen molar-refractivity contribution in [3.05, 3.63) is 60.2 Å². The molecule has 2 aromatic carbocycles. The van der Waals surface area contributed by atoms with E-state index in [1.165, 1.54) is 0 Å². The average molecular weight is 258 g/mol. The molecule has 1 N–H and O–H groups in total. The highest BCUT2D eigenvalue weighted by molar-refractivity contribution is 7.81. The van der Waals surface area contributed by atoms with Crippen molar-refractivity contribution in [2.75, 3.05) is 0 Å². The number of carboxylic acids is 1. The monoisotopic (exact) mass is 258 g/mol. The van der Waals surface area contributed by atoms with Crippen LogP contribution in [0.25, 0.3) is 11.1 Å². The zero-order valence-electron chi connectivity index (χ0n) is 9.78. The van der Waals surface area contributed by atoms with Gasteiger partial charge in [-0.1, -0.05) is 54.6 Å². The van der Waals surface area contributed by atoms with Crippen LogP contribution in [-0.2, 0) is 11.2 Å². The standard InChI is InChI=1S/C15H14O2S/c16-15(17)14(18)10-11-6-8-13(9-7-11)12-4-2-1-3-5-12/h1-9,14,18H,10H2,(H,16,17). The summed E-state index contributed by atoms with van der Waals surface area (Å²) in [4.78, 5) is 10.7. The Hall–Kier alpha value is -1.74. The maximum Gasteiger partial charge on any atom is 0.316 e. The van der Waals surface area contributed by atoms with Crippen LogP contribution in [-0.4, -0.2) is 16.3 Å². The lowest BCUT2D eigenvalue weighted by Crippen LogP contribution is -2.15. The second-order valence-electron chi connectivity index (χ2n) is 4.12. The van der Waals surface area contributed by atoms with Crippen molar-refractivity contribution in [2.24, 2.45) is 0 Å². The zero-order chi connectivity index (χ0) is 13.0. The van der Waals surface area contributed by atoms with Gasteiger partial charge in [-0.2, -0.15) is 12.6 Å². The molecule has 2 rings (SSSR count). The van der Waals surface area contributed by atoms with Crippen LogP contribution in [0.3, 0.4) is 0 Å². The molecule has 0 fully saturated rings. The van der Waals surface area contributed by atoms with Crippen LogP contribution in [0.4, 0.5) is 0 Å². The molecule has 92 valence electrons. The molecule has 0 heterocycles. The van der Waals surface area contributed by atoms with E-state index in [4.69, 9.17) is 5.11 Å². The van der Waals surface area contributed by atoms with Crippen molar-refractivity contribution in [3.8, 4) is 11.1 Å². The van der Waals surface area contributed by atoms with Crippen LogP contribution in [0.5, 0.6) is 0 Å². The van der Waals surface area contributed by atoms with Crippen LogP contribution in [0.1, 0.15) is 5.56 Å². The molecule has 0 amide bonds. The van der Waals surface area contributed by atoms with E-state index in [1.807, 2.05) is 54.6 Å². The van der Waals surface area contributed by atoms with E-state index in [1.54, 1.807) is 0 Å². The highest BCUT2D eigenvalue weighted by atomic mass is 32.1. The Bertz CT molecular complexity index is 520. The molecule has 0 aliphatic carbocycles. The van der Waals surface area contributed by atoms with Crippen molar-refractivity contribution in [2.45, 2.75) is 11.7 Å². The molecule has 0 aliphatic rings. The Morgan fingerprint density at radius 1 is 1.00 bits per heavy atom. The fourth-order valence-electron chi connectivity index (χ4n) is 1.77. The van der Waals surface area contributed by atoms with Crippen molar-refractivity contribution < 1.29 is 9.90 Å². The Kier molecular flexibility index (Phi) is 4.05. The first-order valence-corrected chi connectivity index (χ1v) is 6.23. The molecule has 0 aliphatic heterocycles. The first-order valence-electron chi connectivity index (χ1n) is 5.72. The number of hydrogen-bond acceptors (Lipinski definition) is 2. The highest BCUT2D eigenvalue weighted by Crippen LogP contribution is 2.20. The van der Waals surface area contributed by atoms with Crippen molar-refractivity contribution in [3.63, 3.8) is 0 Å². The normalized spacial score (nSPS) is 12.1. The van der Waals surface area contributed by atoms with Crippen LogP contribution in [0.15, 0.2) is 54.6 Å². The molecule has 1 unspecified atom stereocenters. The van der Waals surface area contributed by atoms with E-state index in [-0.39, 0.29) is 0 Å². The van der Waals surface area contributed by atoms with Gasteiger partial charge < -0.3 is 5.11 Å². The zero-order valence-corrected chi connectivity index (χ0v) is 10.7. The minimum Gasteiger partial charge on any atom is -0.480 e. The minimum atomic E-state index is -0.884. The predicted octanol–water partition coefficient (Wildman–Crippen LogP) is 3.28. The number of benzene rings is 2. The summed E-state index contributed by atoms with van der Waals surface area (Å²) in [7, 11) is 0. The molecule has 3 heteroatoms. The molecule has 0 radical (unpaired) electrons. The summed E-state index contributed by atoms with van der Waals surface area (Å²) < 4.78 is 0. The first-order chi connectivity index (χ1) is 8.66. The van der Waals surface area contributed by atoms with E-state index in [0.29, 0.717) is 6.42 Å². The lowest BCUT2D eigenvalue weighted by atomic mass is 10.0. The topological polar surface area (TPSA) is 37.3 Å². The highest BCUT2D eigenvalue weighted by Gasteiger charge is 2.12. The van der Waals surface area contributed by atoms with Gasteiger partial charge in [0.25, 0.3) is 0 Å². The molecule has 0 saturated carbocycles. The Morgan fingerprint density at radius 2 is 1.56 bits per heavy atom. The quantitative estimate of drug-likeness (QED) is 0.826. The molecular weight excluding hydrogens is 244 g/mol. The summed E-state index contributed by atoms with van der Waals surface area (Å²) >= 11 is 4.03. The van der Waals surface area contributed by atoms with Gasteiger partial charge in [0.2, 0.25) is 0 Å². The smallest absolute Gasteiger partial charge is 0.316 e. The van der Waals surface area contributed by atoms with E-state index >= 15 is 0 Å². The summed E-state index contributed by atoms with van der Waals surface area (Å²) in [6.07, 6.45) is 0.438. The lowest BCUT2D eigenvalue weighted by Gasteiger charge is -2.07. The summed E-state index contributed by atoms with van der Waals surface area (Å²) in [6.45, 7) is 0. The molecule has 0 bridgehead atoms. The Morgan fingerprint density at radius 3 is 2.11 bits per heavy atom. The van der Waals surface area contributed by atoms with Gasteiger partial charge in [-0.05, 0) is 23.1 Å². The number of thiol groups is 1. The molecule has 18 heavy (non-hydrogen) atoms. The maximum atomic E-state index is 10.7. The third-order valence-electron chi connectivity index (χ3n) is 2.78. The number of rotatable bonds is 4. The minimum absolute atomic E-state index is 0.438. The van der Waals surface area contributed by atoms with E-state index in [0.717, 1.165) is 16.7 Å². The molecule has 2 nitrogen and oxygen atoms in total. The fourth-order valence-corrected chi connectivity index (χ4v) is 1.99. The van der Waals surface area contributed by atoms with E-state index in [2.05, 4.69) is 12.6 Å². The summed E-state index contributed by atoms with van der Waals surface area (Å²) in [5.41, 5.74) is 3.27. The molecule has 0 aromatic heterocycles. The second-order valence-corrected chi connectivity index (χ2v) is 4.74. The first kappa shape index (κ1) is 12.7. The van der Waals surface area contributed by atoms with Crippen LogP contribution in [0, 0.1) is 0 Å². The van der Waals surface area contributed by atoms with Gasteiger partial charge in [-0.15, -0.1) is 0 Å². The molecule has 1 atom stereocenters. The summed E-state index contributed by atoms with van der Waals surface area (Å²) in [6, 6.07) is 18.0. The van der Waals surface area contributed by atoms with Gasteiger partial charge in [-0.25, -0.2) is 0 Å². The summed E-state index contributed by atoms with van der Waals surface area (Å²) in [5.74, 6) is -0.884. The number of carboxylic acid groups (broad SMARTS) is 1. The van der Waals surface area contributed by atoms with Gasteiger partial charge in [0.15, 0.2) is 0 Å². The van der Waals surface area contributed by atoms with Crippen LogP contribution in [0.2, 0.25) is 0 Å². The van der Waals surface area contributed by atoms with Crippen LogP contribution < -0.4 is 0 Å². The Balaban J connectivity index is 2.13.